The van der Waals surface area contributed by atoms with Crippen LogP contribution in [-0.4, -0.2) is 9.85 Å². The highest BCUT2D eigenvalue weighted by molar-refractivity contribution is 6.38. The third-order valence-electron chi connectivity index (χ3n) is 9.23. The van der Waals surface area contributed by atoms with Crippen molar-refractivity contribution in [2.75, 3.05) is 0 Å². The number of rotatable bonds is 4. The van der Waals surface area contributed by atoms with E-state index in [9.17, 15) is 20.2 Å². The third-order valence-corrected chi connectivity index (χ3v) is 9.23. The molecule has 7 nitrogen and oxygen atoms in total. The minimum Gasteiger partial charge on any atom is -0.455 e. The standard InChI is InChI=1S/C40H22N2O5/c43-41(44)27-15-9-23(10-16-27)25-13-19-33-35(21-25)29-5-1-3-7-31(29)37-38-32-8-4-2-6-30(32)36-22-26(14-20-34(36)40(38)47-39(33)37)24-11-17-28(18-12-24)42(45)46/h1-22H. The van der Waals surface area contributed by atoms with Crippen molar-refractivity contribution in [3.8, 4) is 22.3 Å². The van der Waals surface area contributed by atoms with Gasteiger partial charge in [-0.05, 0) is 103 Å². The van der Waals surface area contributed by atoms with Crippen LogP contribution in [0.2, 0.25) is 0 Å². The predicted octanol–water partition coefficient (Wildman–Crippen LogP) is 11.3. The molecular weight excluding hydrogens is 588 g/mol. The van der Waals surface area contributed by atoms with Crippen molar-refractivity contribution in [2.45, 2.75) is 0 Å². The van der Waals surface area contributed by atoms with Crippen LogP contribution in [0.4, 0.5) is 11.4 Å². The summed E-state index contributed by atoms with van der Waals surface area (Å²) in [5.41, 5.74) is 5.44. The van der Waals surface area contributed by atoms with Gasteiger partial charge in [0.15, 0.2) is 0 Å². The van der Waals surface area contributed by atoms with Gasteiger partial charge in [0, 0.05) is 45.8 Å². The molecule has 0 spiro atoms. The summed E-state index contributed by atoms with van der Waals surface area (Å²) in [6.07, 6.45) is 0. The smallest absolute Gasteiger partial charge is 0.269 e. The summed E-state index contributed by atoms with van der Waals surface area (Å²) in [6.45, 7) is 0. The zero-order valence-corrected chi connectivity index (χ0v) is 24.6. The zero-order valence-electron chi connectivity index (χ0n) is 24.6. The molecule has 8 aromatic carbocycles. The van der Waals surface area contributed by atoms with Gasteiger partial charge in [-0.2, -0.15) is 0 Å². The Balaban J connectivity index is 1.35. The number of nitro benzene ring substituents is 2. The van der Waals surface area contributed by atoms with Gasteiger partial charge in [0.05, 0.1) is 9.85 Å². The first-order valence-electron chi connectivity index (χ1n) is 15.1. The van der Waals surface area contributed by atoms with Gasteiger partial charge in [0.25, 0.3) is 11.4 Å². The summed E-state index contributed by atoms with van der Waals surface area (Å²) in [4.78, 5) is 21.7. The molecule has 9 aromatic rings. The van der Waals surface area contributed by atoms with Gasteiger partial charge < -0.3 is 4.42 Å². The van der Waals surface area contributed by atoms with E-state index in [1.54, 1.807) is 24.3 Å². The van der Waals surface area contributed by atoms with Crippen molar-refractivity contribution < 1.29 is 14.3 Å². The number of benzene rings is 8. The van der Waals surface area contributed by atoms with E-state index >= 15 is 0 Å². The predicted molar refractivity (Wildman–Crippen MR) is 188 cm³/mol. The fraction of sp³-hybridized carbons (Fsp3) is 0. The largest absolute Gasteiger partial charge is 0.455 e. The van der Waals surface area contributed by atoms with E-state index in [2.05, 4.69) is 48.5 Å². The van der Waals surface area contributed by atoms with Crippen molar-refractivity contribution in [3.63, 3.8) is 0 Å². The molecule has 0 unspecified atom stereocenters. The second kappa shape index (κ2) is 9.95. The molecule has 222 valence electrons. The maximum Gasteiger partial charge on any atom is 0.269 e. The van der Waals surface area contributed by atoms with Crippen LogP contribution in [0.1, 0.15) is 0 Å². The van der Waals surface area contributed by atoms with Crippen molar-refractivity contribution in [2.24, 2.45) is 0 Å². The Bertz CT molecular complexity index is 2590. The number of hydrogen-bond donors (Lipinski definition) is 0. The SMILES string of the molecule is O=[N+]([O-])c1ccc(-c2ccc3c(c2)c2ccccc2c2c3oc3c4ccc(-c5ccc([N+](=O)[O-])cc5)cc4c4ccccc4c32)cc1. The lowest BCUT2D eigenvalue weighted by molar-refractivity contribution is -0.385. The average Bonchev–Trinajstić information content (AvgIpc) is 3.53. The fourth-order valence-corrected chi connectivity index (χ4v) is 7.04. The summed E-state index contributed by atoms with van der Waals surface area (Å²) in [7, 11) is 0. The number of nitro groups is 2. The summed E-state index contributed by atoms with van der Waals surface area (Å²) < 4.78 is 6.92. The van der Waals surface area contributed by atoms with Crippen LogP contribution in [0.3, 0.4) is 0 Å². The lowest BCUT2D eigenvalue weighted by Crippen LogP contribution is -1.88. The van der Waals surface area contributed by atoms with Crippen molar-refractivity contribution in [1.29, 1.82) is 0 Å². The van der Waals surface area contributed by atoms with E-state index in [1.165, 1.54) is 24.3 Å². The van der Waals surface area contributed by atoms with Gasteiger partial charge in [-0.3, -0.25) is 20.2 Å². The molecule has 0 saturated carbocycles. The van der Waals surface area contributed by atoms with Crippen molar-refractivity contribution >= 4 is 76.4 Å². The lowest BCUT2D eigenvalue weighted by Gasteiger charge is -2.10. The zero-order chi connectivity index (χ0) is 31.8. The molecule has 0 aliphatic heterocycles. The second-order valence-electron chi connectivity index (χ2n) is 11.7. The quantitative estimate of drug-likeness (QED) is 0.112. The Labute approximate surface area is 266 Å². The van der Waals surface area contributed by atoms with Gasteiger partial charge >= 0.3 is 0 Å². The van der Waals surface area contributed by atoms with E-state index in [0.29, 0.717) is 0 Å². The number of nitrogens with zero attached hydrogens (tertiary/aromatic N) is 2. The molecule has 1 aromatic heterocycles. The summed E-state index contributed by atoms with van der Waals surface area (Å²) in [5.74, 6) is 0. The molecule has 0 bridgehead atoms. The molecule has 0 atom stereocenters. The van der Waals surface area contributed by atoms with Crippen molar-refractivity contribution in [1.82, 2.24) is 0 Å². The van der Waals surface area contributed by atoms with Crippen LogP contribution < -0.4 is 0 Å². The van der Waals surface area contributed by atoms with E-state index in [4.69, 9.17) is 4.42 Å². The van der Waals surface area contributed by atoms with E-state index in [-0.39, 0.29) is 21.2 Å². The Morgan fingerprint density at radius 1 is 0.383 bits per heavy atom. The number of fused-ring (bicyclic) bond motifs is 13. The van der Waals surface area contributed by atoms with Gasteiger partial charge in [0.1, 0.15) is 11.2 Å². The fourth-order valence-electron chi connectivity index (χ4n) is 7.04. The van der Waals surface area contributed by atoms with Crippen LogP contribution in [0, 0.1) is 20.2 Å². The van der Waals surface area contributed by atoms with Crippen LogP contribution in [-0.2, 0) is 0 Å². The highest BCUT2D eigenvalue weighted by atomic mass is 16.6. The van der Waals surface area contributed by atoms with Gasteiger partial charge in [0.2, 0.25) is 0 Å². The highest BCUT2D eigenvalue weighted by Gasteiger charge is 2.21. The van der Waals surface area contributed by atoms with Gasteiger partial charge in [-0.15, -0.1) is 0 Å². The Morgan fingerprint density at radius 2 is 0.745 bits per heavy atom. The van der Waals surface area contributed by atoms with Crippen LogP contribution in [0.5, 0.6) is 0 Å². The Morgan fingerprint density at radius 3 is 1.13 bits per heavy atom. The monoisotopic (exact) mass is 610 g/mol. The van der Waals surface area contributed by atoms with Crippen LogP contribution >= 0.6 is 0 Å². The molecule has 0 amide bonds. The molecule has 7 heteroatoms. The van der Waals surface area contributed by atoms with Crippen LogP contribution in [0.25, 0.3) is 87.3 Å². The van der Waals surface area contributed by atoms with Crippen molar-refractivity contribution in [3.05, 3.63) is 154 Å². The summed E-state index contributed by atoms with van der Waals surface area (Å²) in [5, 5.41) is 33.0. The number of furan rings is 1. The molecule has 0 aliphatic carbocycles. The first-order chi connectivity index (χ1) is 23.0. The molecule has 0 fully saturated rings. The Hall–Kier alpha value is -6.60. The molecule has 0 aliphatic rings. The topological polar surface area (TPSA) is 99.4 Å². The minimum absolute atomic E-state index is 0.0586. The average molecular weight is 611 g/mol. The molecule has 1 heterocycles. The first-order valence-corrected chi connectivity index (χ1v) is 15.1. The summed E-state index contributed by atoms with van der Waals surface area (Å²) >= 11 is 0. The van der Waals surface area contributed by atoms with E-state index in [1.807, 2.05) is 36.4 Å². The maximum absolute atomic E-state index is 11.2. The lowest BCUT2D eigenvalue weighted by atomic mass is 9.91. The molecule has 0 N–H and O–H groups in total. The van der Waals surface area contributed by atoms with Gasteiger partial charge in [-0.25, -0.2) is 0 Å². The van der Waals surface area contributed by atoms with E-state index in [0.717, 1.165) is 87.3 Å². The number of non-ortho nitro benzene ring substituents is 2. The minimum atomic E-state index is -0.389. The van der Waals surface area contributed by atoms with E-state index < -0.39 is 0 Å². The molecule has 47 heavy (non-hydrogen) atoms. The molecule has 0 radical (unpaired) electrons. The molecular formula is C40H22N2O5. The maximum atomic E-state index is 11.2. The third kappa shape index (κ3) is 4.00. The number of hydrogen-bond acceptors (Lipinski definition) is 5. The Kier molecular flexibility index (Phi) is 5.67. The second-order valence-corrected chi connectivity index (χ2v) is 11.7. The summed E-state index contributed by atoms with van der Waals surface area (Å²) in [6, 6.07) is 42.5. The molecule has 9 rings (SSSR count). The normalized spacial score (nSPS) is 11.7. The highest BCUT2D eigenvalue weighted by Crippen LogP contribution is 2.47. The van der Waals surface area contributed by atoms with Crippen LogP contribution in [0.15, 0.2) is 138 Å². The van der Waals surface area contributed by atoms with Gasteiger partial charge in [-0.1, -0.05) is 60.7 Å². The molecule has 0 saturated heterocycles. The first kappa shape index (κ1) is 26.8.